The number of urea groups is 1. The Morgan fingerprint density at radius 3 is 2.50 bits per heavy atom. The summed E-state index contributed by atoms with van der Waals surface area (Å²) in [6, 6.07) is 8.19. The maximum atomic E-state index is 13.5. The summed E-state index contributed by atoms with van der Waals surface area (Å²) in [7, 11) is 1.68. The number of amides is 3. The van der Waals surface area contributed by atoms with Gasteiger partial charge in [0.25, 0.3) is 0 Å². The summed E-state index contributed by atoms with van der Waals surface area (Å²) < 4.78 is 5.36. The summed E-state index contributed by atoms with van der Waals surface area (Å²) in [5, 5.41) is 13.9. The number of piperidine rings is 1. The number of methoxy groups -OCH3 is 1. The molecule has 7 rings (SSSR count). The largest absolute Gasteiger partial charge is 0.497 e. The number of likely N-dealkylation sites (tertiary alicyclic amines) is 1. The highest BCUT2D eigenvalue weighted by atomic mass is 16.5. The van der Waals surface area contributed by atoms with Crippen molar-refractivity contribution in [3.63, 3.8) is 0 Å². The van der Waals surface area contributed by atoms with Gasteiger partial charge in [-0.25, -0.2) is 4.79 Å². The third-order valence-electron chi connectivity index (χ3n) is 9.70. The molecule has 0 aromatic heterocycles. The van der Waals surface area contributed by atoms with Crippen molar-refractivity contribution in [2.45, 2.75) is 57.1 Å². The molecular formula is C28H40N4O4. The highest BCUT2D eigenvalue weighted by Crippen LogP contribution is 2.60. The Hall–Kier alpha value is -2.48. The third kappa shape index (κ3) is 4.31. The van der Waals surface area contributed by atoms with Crippen molar-refractivity contribution in [1.29, 1.82) is 0 Å². The minimum absolute atomic E-state index is 0.0196. The van der Waals surface area contributed by atoms with Crippen LogP contribution in [0.5, 0.6) is 5.75 Å². The van der Waals surface area contributed by atoms with Gasteiger partial charge >= 0.3 is 6.03 Å². The molecule has 2 heterocycles. The van der Waals surface area contributed by atoms with Gasteiger partial charge in [-0.05, 0) is 74.8 Å². The van der Waals surface area contributed by atoms with Crippen molar-refractivity contribution < 1.29 is 19.4 Å². The number of hydrogen-bond donors (Lipinski definition) is 2. The van der Waals surface area contributed by atoms with E-state index in [-0.39, 0.29) is 29.5 Å². The zero-order chi connectivity index (χ0) is 24.9. The number of anilines is 1. The van der Waals surface area contributed by atoms with E-state index in [4.69, 9.17) is 4.74 Å². The quantitative estimate of drug-likeness (QED) is 0.670. The van der Waals surface area contributed by atoms with Crippen LogP contribution >= 0.6 is 0 Å². The molecule has 2 saturated heterocycles. The summed E-state index contributed by atoms with van der Waals surface area (Å²) in [6.07, 6.45) is 6.45. The topological polar surface area (TPSA) is 85.4 Å². The van der Waals surface area contributed by atoms with Crippen LogP contribution in [0, 0.1) is 23.2 Å². The average Bonchev–Trinajstić information content (AvgIpc) is 2.91. The first-order valence-electron chi connectivity index (χ1n) is 13.9. The van der Waals surface area contributed by atoms with Crippen LogP contribution in [0.15, 0.2) is 24.3 Å². The molecule has 8 heteroatoms. The van der Waals surface area contributed by atoms with E-state index in [1.807, 2.05) is 28.0 Å². The normalized spacial score (nSPS) is 35.6. The van der Waals surface area contributed by atoms with Crippen LogP contribution in [0.1, 0.15) is 44.9 Å². The molecule has 3 unspecified atom stereocenters. The molecular weight excluding hydrogens is 456 g/mol. The molecule has 196 valence electrons. The van der Waals surface area contributed by atoms with Crippen molar-refractivity contribution in [3.8, 4) is 5.75 Å². The lowest BCUT2D eigenvalue weighted by Crippen LogP contribution is -2.61. The summed E-state index contributed by atoms with van der Waals surface area (Å²) in [4.78, 5) is 33.1. The summed E-state index contributed by atoms with van der Waals surface area (Å²) in [5.41, 5.74) is 0.831. The molecule has 6 aliphatic rings. The zero-order valence-corrected chi connectivity index (χ0v) is 21.4. The van der Waals surface area contributed by atoms with Gasteiger partial charge in [-0.1, -0.05) is 6.07 Å². The van der Waals surface area contributed by atoms with Crippen LogP contribution in [0.4, 0.5) is 10.5 Å². The molecule has 1 aromatic carbocycles. The predicted molar refractivity (Wildman–Crippen MR) is 137 cm³/mol. The number of hydrogen-bond acceptors (Lipinski definition) is 5. The van der Waals surface area contributed by atoms with Crippen LogP contribution in [0.2, 0.25) is 0 Å². The van der Waals surface area contributed by atoms with Gasteiger partial charge in [0.1, 0.15) is 5.75 Å². The molecule has 0 radical (unpaired) electrons. The Morgan fingerprint density at radius 2 is 1.78 bits per heavy atom. The second kappa shape index (κ2) is 9.43. The standard InChI is InChI=1S/C28H40N4O4/c1-36-24-6-2-5-23(14-24)30-8-10-31(11-9-30)27(35)32-7-3-4-22(18-32)29-26(34)28-15-19-12-20(16-28)25(33)21(13-19)17-28/h2,5-6,14,19-22,25,33H,3-4,7-13,15-18H2,1H3,(H,29,34)/t19?,20-,21?,22+,25?,28-/m1/s1. The van der Waals surface area contributed by atoms with Gasteiger partial charge < -0.3 is 29.9 Å². The fraction of sp³-hybridized carbons (Fsp3) is 0.714. The monoisotopic (exact) mass is 496 g/mol. The van der Waals surface area contributed by atoms with E-state index in [0.717, 1.165) is 76.0 Å². The fourth-order valence-electron chi connectivity index (χ4n) is 8.05. The lowest BCUT2D eigenvalue weighted by molar-refractivity contribution is -0.163. The van der Waals surface area contributed by atoms with Crippen LogP contribution in [-0.2, 0) is 4.79 Å². The minimum Gasteiger partial charge on any atom is -0.497 e. The Morgan fingerprint density at radius 1 is 1.03 bits per heavy atom. The molecule has 2 N–H and O–H groups in total. The van der Waals surface area contributed by atoms with E-state index in [2.05, 4.69) is 16.3 Å². The lowest BCUT2D eigenvalue weighted by atomic mass is 9.48. The number of nitrogens with zero attached hydrogens (tertiary/aromatic N) is 3. The first kappa shape index (κ1) is 23.9. The summed E-state index contributed by atoms with van der Waals surface area (Å²) in [6.45, 7) is 4.33. The lowest BCUT2D eigenvalue weighted by Gasteiger charge is -2.58. The fourth-order valence-corrected chi connectivity index (χ4v) is 8.05. The molecule has 4 bridgehead atoms. The van der Waals surface area contributed by atoms with Gasteiger partial charge in [0.15, 0.2) is 0 Å². The number of carbonyl (C=O) groups excluding carboxylic acids is 2. The van der Waals surface area contributed by atoms with Crippen LogP contribution < -0.4 is 15.0 Å². The van der Waals surface area contributed by atoms with E-state index in [9.17, 15) is 14.7 Å². The Kier molecular flexibility index (Phi) is 6.26. The average molecular weight is 497 g/mol. The van der Waals surface area contributed by atoms with E-state index in [0.29, 0.717) is 37.4 Å². The molecule has 2 aliphatic heterocycles. The van der Waals surface area contributed by atoms with Crippen molar-refractivity contribution in [1.82, 2.24) is 15.1 Å². The molecule has 6 atom stereocenters. The molecule has 4 saturated carbocycles. The van der Waals surface area contributed by atoms with Crippen molar-refractivity contribution in [3.05, 3.63) is 24.3 Å². The number of benzene rings is 1. The maximum Gasteiger partial charge on any atom is 0.320 e. The van der Waals surface area contributed by atoms with E-state index in [1.54, 1.807) is 7.11 Å². The Bertz CT molecular complexity index is 978. The molecule has 4 aliphatic carbocycles. The predicted octanol–water partition coefficient (Wildman–Crippen LogP) is 2.71. The van der Waals surface area contributed by atoms with Gasteiger partial charge in [0, 0.05) is 57.1 Å². The van der Waals surface area contributed by atoms with Gasteiger partial charge in [-0.3, -0.25) is 4.79 Å². The van der Waals surface area contributed by atoms with Crippen LogP contribution in [-0.4, -0.2) is 85.4 Å². The first-order valence-corrected chi connectivity index (χ1v) is 13.9. The first-order chi connectivity index (χ1) is 17.4. The number of nitrogens with one attached hydrogen (secondary N) is 1. The molecule has 36 heavy (non-hydrogen) atoms. The molecule has 6 fully saturated rings. The van der Waals surface area contributed by atoms with Gasteiger partial charge in [-0.2, -0.15) is 0 Å². The highest BCUT2D eigenvalue weighted by Gasteiger charge is 2.58. The third-order valence-corrected chi connectivity index (χ3v) is 9.70. The van der Waals surface area contributed by atoms with Gasteiger partial charge in [0.05, 0.1) is 18.6 Å². The van der Waals surface area contributed by atoms with Gasteiger partial charge in [0.2, 0.25) is 5.91 Å². The van der Waals surface area contributed by atoms with E-state index in [1.165, 1.54) is 0 Å². The van der Waals surface area contributed by atoms with E-state index < -0.39 is 0 Å². The van der Waals surface area contributed by atoms with Crippen molar-refractivity contribution in [2.24, 2.45) is 23.2 Å². The van der Waals surface area contributed by atoms with Crippen molar-refractivity contribution in [2.75, 3.05) is 51.3 Å². The van der Waals surface area contributed by atoms with Gasteiger partial charge in [-0.15, -0.1) is 0 Å². The smallest absolute Gasteiger partial charge is 0.320 e. The number of rotatable bonds is 4. The zero-order valence-electron chi connectivity index (χ0n) is 21.4. The molecule has 3 amide bonds. The number of aliphatic hydroxyl groups excluding tert-OH is 1. The number of piperazine rings is 1. The van der Waals surface area contributed by atoms with E-state index >= 15 is 0 Å². The van der Waals surface area contributed by atoms with Crippen LogP contribution in [0.25, 0.3) is 0 Å². The molecule has 1 aromatic rings. The van der Waals surface area contributed by atoms with Crippen molar-refractivity contribution >= 4 is 17.6 Å². The molecule has 0 spiro atoms. The Balaban J connectivity index is 1.03. The second-order valence-corrected chi connectivity index (χ2v) is 12.0. The maximum absolute atomic E-state index is 13.5. The number of aliphatic hydroxyl groups is 1. The SMILES string of the molecule is COc1cccc(N2CCN(C(=O)N3CCC[C@H](NC(=O)[C@@]45CC6CC(C4)C(O)[C@H](C6)C5)C3)CC2)c1. The summed E-state index contributed by atoms with van der Waals surface area (Å²) in [5.74, 6) is 2.21. The van der Waals surface area contributed by atoms with Crippen LogP contribution in [0.3, 0.4) is 0 Å². The minimum atomic E-state index is -0.293. The highest BCUT2D eigenvalue weighted by molar-refractivity contribution is 5.83. The molecule has 8 nitrogen and oxygen atoms in total. The number of ether oxygens (including phenoxy) is 1. The summed E-state index contributed by atoms with van der Waals surface area (Å²) >= 11 is 0. The second-order valence-electron chi connectivity index (χ2n) is 12.0. The Labute approximate surface area is 213 Å². The number of carbonyl (C=O) groups is 2.